The second-order valence-corrected chi connectivity index (χ2v) is 7.01. The van der Waals surface area contributed by atoms with Gasteiger partial charge in [0, 0.05) is 4.47 Å². The maximum atomic E-state index is 12.2. The zero-order valence-electron chi connectivity index (χ0n) is 14.3. The van der Waals surface area contributed by atoms with Gasteiger partial charge in [-0.05, 0) is 61.2 Å². The predicted molar refractivity (Wildman–Crippen MR) is 99.9 cm³/mol. The first-order chi connectivity index (χ1) is 12.0. The summed E-state index contributed by atoms with van der Waals surface area (Å²) in [6.45, 7) is 4.63. The van der Waals surface area contributed by atoms with Crippen molar-refractivity contribution >= 4 is 27.9 Å². The Balaban J connectivity index is 1.96. The molecule has 0 N–H and O–H groups in total. The third kappa shape index (κ3) is 6.35. The van der Waals surface area contributed by atoms with Crippen LogP contribution < -0.4 is 4.74 Å². The van der Waals surface area contributed by atoms with E-state index in [0.717, 1.165) is 17.3 Å². The molecule has 0 saturated heterocycles. The zero-order chi connectivity index (χ0) is 18.2. The van der Waals surface area contributed by atoms with Crippen LogP contribution in [0.25, 0.3) is 0 Å². The van der Waals surface area contributed by atoms with Crippen LogP contribution in [0.1, 0.15) is 47.4 Å². The molecule has 0 saturated carbocycles. The fourth-order valence-electron chi connectivity index (χ4n) is 2.18. The number of ether oxygens (including phenoxy) is 2. The van der Waals surface area contributed by atoms with Gasteiger partial charge >= 0.3 is 11.9 Å². The second kappa shape index (κ2) is 9.37. The van der Waals surface area contributed by atoms with Gasteiger partial charge in [-0.2, -0.15) is 0 Å². The maximum absolute atomic E-state index is 12.2. The number of esters is 2. The van der Waals surface area contributed by atoms with Crippen molar-refractivity contribution in [1.82, 2.24) is 0 Å². The number of halogens is 1. The topological polar surface area (TPSA) is 52.6 Å². The van der Waals surface area contributed by atoms with E-state index in [9.17, 15) is 9.59 Å². The molecule has 2 aromatic carbocycles. The van der Waals surface area contributed by atoms with Crippen molar-refractivity contribution in [3.63, 3.8) is 0 Å². The SMILES string of the molecule is CC(C)CCCOC(=O)c1cccc(C(=O)Oc2ccc(Br)cc2)c1. The summed E-state index contributed by atoms with van der Waals surface area (Å²) in [4.78, 5) is 24.3. The van der Waals surface area contributed by atoms with Crippen molar-refractivity contribution in [3.8, 4) is 5.75 Å². The fourth-order valence-corrected chi connectivity index (χ4v) is 2.45. The highest BCUT2D eigenvalue weighted by Crippen LogP contribution is 2.18. The zero-order valence-corrected chi connectivity index (χ0v) is 15.9. The first-order valence-electron chi connectivity index (χ1n) is 8.20. The molecule has 0 radical (unpaired) electrons. The van der Waals surface area contributed by atoms with Crippen molar-refractivity contribution in [2.24, 2.45) is 5.92 Å². The smallest absolute Gasteiger partial charge is 0.343 e. The molecule has 0 bridgehead atoms. The molecule has 2 aromatic rings. The average Bonchev–Trinajstić information content (AvgIpc) is 2.60. The summed E-state index contributed by atoms with van der Waals surface area (Å²) in [7, 11) is 0. The monoisotopic (exact) mass is 404 g/mol. The van der Waals surface area contributed by atoms with E-state index in [1.807, 2.05) is 0 Å². The van der Waals surface area contributed by atoms with Gasteiger partial charge in [0.1, 0.15) is 5.75 Å². The summed E-state index contributed by atoms with van der Waals surface area (Å²) in [5.41, 5.74) is 0.648. The Bertz CT molecular complexity index is 723. The maximum Gasteiger partial charge on any atom is 0.343 e. The van der Waals surface area contributed by atoms with E-state index in [2.05, 4.69) is 29.8 Å². The minimum absolute atomic E-state index is 0.305. The Morgan fingerprint density at radius 1 is 1.00 bits per heavy atom. The first-order valence-corrected chi connectivity index (χ1v) is 9.00. The lowest BCUT2D eigenvalue weighted by Crippen LogP contribution is -2.11. The van der Waals surface area contributed by atoms with Gasteiger partial charge < -0.3 is 9.47 Å². The number of hydrogen-bond donors (Lipinski definition) is 0. The Hall–Kier alpha value is -2.14. The Kier molecular flexibility index (Phi) is 7.19. The first kappa shape index (κ1) is 19.2. The van der Waals surface area contributed by atoms with Gasteiger partial charge in [0.05, 0.1) is 17.7 Å². The molecule has 0 spiro atoms. The van der Waals surface area contributed by atoms with Gasteiger partial charge in [-0.15, -0.1) is 0 Å². The lowest BCUT2D eigenvalue weighted by Gasteiger charge is -2.08. The third-order valence-corrected chi connectivity index (χ3v) is 4.05. The van der Waals surface area contributed by atoms with E-state index in [-0.39, 0.29) is 0 Å². The molecule has 0 unspecified atom stereocenters. The minimum atomic E-state index is -0.517. The van der Waals surface area contributed by atoms with Crippen LogP contribution in [0.15, 0.2) is 53.0 Å². The highest BCUT2D eigenvalue weighted by atomic mass is 79.9. The molecular weight excluding hydrogens is 384 g/mol. The summed E-state index contributed by atoms with van der Waals surface area (Å²) in [6.07, 6.45) is 1.83. The fraction of sp³-hybridized carbons (Fsp3) is 0.300. The summed E-state index contributed by atoms with van der Waals surface area (Å²) in [5, 5.41) is 0. The Labute approximate surface area is 156 Å². The normalized spacial score (nSPS) is 10.6. The van der Waals surface area contributed by atoms with Crippen molar-refractivity contribution in [2.45, 2.75) is 26.7 Å². The Morgan fingerprint density at radius 3 is 2.28 bits per heavy atom. The van der Waals surface area contributed by atoms with E-state index < -0.39 is 11.9 Å². The molecule has 4 nitrogen and oxygen atoms in total. The van der Waals surface area contributed by atoms with Crippen LogP contribution >= 0.6 is 15.9 Å². The van der Waals surface area contributed by atoms with Crippen molar-refractivity contribution in [2.75, 3.05) is 6.61 Å². The van der Waals surface area contributed by atoms with Gasteiger partial charge in [0.25, 0.3) is 0 Å². The van der Waals surface area contributed by atoms with Crippen LogP contribution in [-0.2, 0) is 4.74 Å². The summed E-state index contributed by atoms with van der Waals surface area (Å²) >= 11 is 3.32. The van der Waals surface area contributed by atoms with E-state index in [4.69, 9.17) is 9.47 Å². The van der Waals surface area contributed by atoms with Crippen molar-refractivity contribution in [3.05, 3.63) is 64.1 Å². The van der Waals surface area contributed by atoms with Crippen molar-refractivity contribution < 1.29 is 19.1 Å². The van der Waals surface area contributed by atoms with Crippen LogP contribution in [0.2, 0.25) is 0 Å². The highest BCUT2D eigenvalue weighted by Gasteiger charge is 2.13. The van der Waals surface area contributed by atoms with E-state index in [0.29, 0.717) is 29.4 Å². The van der Waals surface area contributed by atoms with Crippen LogP contribution in [0.4, 0.5) is 0 Å². The van der Waals surface area contributed by atoms with Crippen LogP contribution in [0, 0.1) is 5.92 Å². The quantitative estimate of drug-likeness (QED) is 0.358. The number of benzene rings is 2. The lowest BCUT2D eigenvalue weighted by atomic mass is 10.1. The van der Waals surface area contributed by atoms with Gasteiger partial charge in [-0.1, -0.05) is 35.8 Å². The molecule has 0 heterocycles. The largest absolute Gasteiger partial charge is 0.462 e. The van der Waals surface area contributed by atoms with Crippen LogP contribution in [0.3, 0.4) is 0 Å². The third-order valence-electron chi connectivity index (χ3n) is 3.52. The lowest BCUT2D eigenvalue weighted by molar-refractivity contribution is 0.0494. The molecule has 132 valence electrons. The van der Waals surface area contributed by atoms with Crippen LogP contribution in [0.5, 0.6) is 5.75 Å². The standard InChI is InChI=1S/C20H21BrO4/c1-14(2)5-4-12-24-19(22)15-6-3-7-16(13-15)20(23)25-18-10-8-17(21)9-11-18/h3,6-11,13-14H,4-5,12H2,1-2H3. The molecule has 0 fully saturated rings. The van der Waals surface area contributed by atoms with E-state index in [1.165, 1.54) is 6.07 Å². The summed E-state index contributed by atoms with van der Waals surface area (Å²) in [5.74, 6) is 0.0732. The number of carbonyl (C=O) groups is 2. The molecule has 0 aliphatic heterocycles. The summed E-state index contributed by atoms with van der Waals surface area (Å²) in [6, 6.07) is 13.3. The number of carbonyl (C=O) groups excluding carboxylic acids is 2. The molecule has 25 heavy (non-hydrogen) atoms. The molecule has 0 aliphatic rings. The molecule has 0 aliphatic carbocycles. The molecular formula is C20H21BrO4. The minimum Gasteiger partial charge on any atom is -0.462 e. The molecule has 5 heteroatoms. The molecule has 0 aromatic heterocycles. The number of hydrogen-bond acceptors (Lipinski definition) is 4. The second-order valence-electron chi connectivity index (χ2n) is 6.10. The van der Waals surface area contributed by atoms with Gasteiger partial charge in [-0.25, -0.2) is 9.59 Å². The molecule has 2 rings (SSSR count). The number of rotatable bonds is 7. The Morgan fingerprint density at radius 2 is 1.64 bits per heavy atom. The van der Waals surface area contributed by atoms with Crippen molar-refractivity contribution in [1.29, 1.82) is 0 Å². The average molecular weight is 405 g/mol. The van der Waals surface area contributed by atoms with E-state index in [1.54, 1.807) is 42.5 Å². The van der Waals surface area contributed by atoms with E-state index >= 15 is 0 Å². The van der Waals surface area contributed by atoms with Gasteiger partial charge in [0.15, 0.2) is 0 Å². The molecule has 0 atom stereocenters. The predicted octanol–water partition coefficient (Wildman–Crippen LogP) is 5.26. The van der Waals surface area contributed by atoms with Gasteiger partial charge in [-0.3, -0.25) is 0 Å². The molecule has 0 amide bonds. The van der Waals surface area contributed by atoms with Gasteiger partial charge in [0.2, 0.25) is 0 Å². The highest BCUT2D eigenvalue weighted by molar-refractivity contribution is 9.10. The van der Waals surface area contributed by atoms with Crippen LogP contribution in [-0.4, -0.2) is 18.5 Å². The summed E-state index contributed by atoms with van der Waals surface area (Å²) < 4.78 is 11.4.